The van der Waals surface area contributed by atoms with E-state index < -0.39 is 0 Å². The quantitative estimate of drug-likeness (QED) is 0.919. The van der Waals surface area contributed by atoms with E-state index in [1.165, 1.54) is 12.1 Å². The number of nitrogens with zero attached hydrogens (tertiary/aromatic N) is 2. The van der Waals surface area contributed by atoms with E-state index in [1.54, 1.807) is 23.9 Å². The van der Waals surface area contributed by atoms with Crippen molar-refractivity contribution >= 4 is 11.6 Å². The maximum absolute atomic E-state index is 13.0. The van der Waals surface area contributed by atoms with Crippen molar-refractivity contribution in [1.29, 1.82) is 0 Å². The van der Waals surface area contributed by atoms with Gasteiger partial charge in [-0.2, -0.15) is 5.10 Å². The average molecular weight is 261 g/mol. The van der Waals surface area contributed by atoms with Gasteiger partial charge in [-0.25, -0.2) is 4.39 Å². The number of nitrogens with one attached hydrogen (secondary N) is 1. The molecule has 0 saturated heterocycles. The molecule has 0 aliphatic carbocycles. The Morgan fingerprint density at radius 2 is 2.32 bits per heavy atom. The lowest BCUT2D eigenvalue weighted by Gasteiger charge is -2.13. The van der Waals surface area contributed by atoms with Gasteiger partial charge in [-0.1, -0.05) is 0 Å². The van der Waals surface area contributed by atoms with Crippen LogP contribution in [0.1, 0.15) is 24.9 Å². The Hall–Kier alpha value is -2.17. The molecule has 2 aromatic rings. The third kappa shape index (κ3) is 3.40. The van der Waals surface area contributed by atoms with Crippen LogP contribution in [0.2, 0.25) is 0 Å². The van der Waals surface area contributed by atoms with Gasteiger partial charge in [0.2, 0.25) is 5.91 Å². The molecule has 1 amide bonds. The fourth-order valence-corrected chi connectivity index (χ4v) is 1.87. The molecule has 0 spiro atoms. The number of aryl methyl sites for hydroxylation is 1. The van der Waals surface area contributed by atoms with Crippen molar-refractivity contribution in [1.82, 2.24) is 9.78 Å². The highest BCUT2D eigenvalue weighted by Crippen LogP contribution is 2.17. The molecule has 0 saturated carbocycles. The zero-order chi connectivity index (χ0) is 13.8. The molecule has 4 nitrogen and oxygen atoms in total. The number of amides is 1. The van der Waals surface area contributed by atoms with E-state index >= 15 is 0 Å². The van der Waals surface area contributed by atoms with Gasteiger partial charge in [-0.15, -0.1) is 0 Å². The van der Waals surface area contributed by atoms with Crippen molar-refractivity contribution in [2.45, 2.75) is 26.3 Å². The van der Waals surface area contributed by atoms with E-state index in [-0.39, 0.29) is 17.8 Å². The number of anilines is 1. The van der Waals surface area contributed by atoms with Crippen LogP contribution in [0.3, 0.4) is 0 Å². The van der Waals surface area contributed by atoms with Gasteiger partial charge in [0.1, 0.15) is 5.82 Å². The number of carbonyl (C=O) groups is 1. The monoisotopic (exact) mass is 261 g/mol. The molecule has 1 atom stereocenters. The zero-order valence-corrected chi connectivity index (χ0v) is 10.9. The molecule has 5 heteroatoms. The maximum Gasteiger partial charge on any atom is 0.226 e. The van der Waals surface area contributed by atoms with Crippen LogP contribution < -0.4 is 5.32 Å². The van der Waals surface area contributed by atoms with Crippen LogP contribution in [0.5, 0.6) is 0 Å². The lowest BCUT2D eigenvalue weighted by Crippen LogP contribution is -2.18. The van der Waals surface area contributed by atoms with Gasteiger partial charge in [-0.05, 0) is 43.7 Å². The molecule has 0 fully saturated rings. The molecular weight excluding hydrogens is 245 g/mol. The standard InChI is InChI=1S/C14H16FN3O/c1-10-8-12(15)4-5-13(10)17-14(19)9-11(2)18-7-3-6-16-18/h3-8,11H,9H2,1-2H3,(H,17,19)/t11-/m1/s1. The third-order valence-corrected chi connectivity index (χ3v) is 2.92. The first-order valence-electron chi connectivity index (χ1n) is 6.11. The Balaban J connectivity index is 1.98. The summed E-state index contributed by atoms with van der Waals surface area (Å²) >= 11 is 0. The third-order valence-electron chi connectivity index (χ3n) is 2.92. The van der Waals surface area contributed by atoms with E-state index in [2.05, 4.69) is 10.4 Å². The molecule has 0 unspecified atom stereocenters. The van der Waals surface area contributed by atoms with Crippen LogP contribution in [-0.4, -0.2) is 15.7 Å². The molecule has 0 bridgehead atoms. The van der Waals surface area contributed by atoms with Crippen molar-refractivity contribution in [2.75, 3.05) is 5.32 Å². The Bertz CT molecular complexity index is 566. The van der Waals surface area contributed by atoms with Crippen molar-refractivity contribution in [3.05, 3.63) is 48.0 Å². The van der Waals surface area contributed by atoms with Crippen molar-refractivity contribution in [3.63, 3.8) is 0 Å². The number of halogens is 1. The van der Waals surface area contributed by atoms with E-state index in [4.69, 9.17) is 0 Å². The summed E-state index contributed by atoms with van der Waals surface area (Å²) in [5.74, 6) is -0.418. The molecular formula is C14H16FN3O. The van der Waals surface area contributed by atoms with E-state index in [1.807, 2.05) is 19.2 Å². The van der Waals surface area contributed by atoms with E-state index in [0.717, 1.165) is 0 Å². The number of benzene rings is 1. The summed E-state index contributed by atoms with van der Waals surface area (Å²) in [7, 11) is 0. The Kier molecular flexibility index (Phi) is 3.94. The predicted molar refractivity (Wildman–Crippen MR) is 71.3 cm³/mol. The van der Waals surface area contributed by atoms with Crippen molar-refractivity contribution < 1.29 is 9.18 Å². The summed E-state index contributed by atoms with van der Waals surface area (Å²) in [5.41, 5.74) is 1.35. The van der Waals surface area contributed by atoms with Crippen LogP contribution in [-0.2, 0) is 4.79 Å². The summed E-state index contributed by atoms with van der Waals surface area (Å²) in [6.07, 6.45) is 3.82. The topological polar surface area (TPSA) is 46.9 Å². The highest BCUT2D eigenvalue weighted by Gasteiger charge is 2.12. The predicted octanol–water partition coefficient (Wildman–Crippen LogP) is 2.92. The SMILES string of the molecule is Cc1cc(F)ccc1NC(=O)C[C@@H](C)n1cccn1. The normalized spacial score (nSPS) is 12.2. The van der Waals surface area contributed by atoms with Gasteiger partial charge in [0, 0.05) is 24.5 Å². The van der Waals surface area contributed by atoms with Gasteiger partial charge in [0.25, 0.3) is 0 Å². The van der Waals surface area contributed by atoms with Crippen LogP contribution in [0.4, 0.5) is 10.1 Å². The van der Waals surface area contributed by atoms with Gasteiger partial charge in [-0.3, -0.25) is 9.48 Å². The summed E-state index contributed by atoms with van der Waals surface area (Å²) in [5, 5.41) is 6.88. The molecule has 2 rings (SSSR count). The number of hydrogen-bond donors (Lipinski definition) is 1. The Labute approximate surface area is 111 Å². The van der Waals surface area contributed by atoms with Crippen LogP contribution in [0.15, 0.2) is 36.7 Å². The first-order chi connectivity index (χ1) is 9.06. The Morgan fingerprint density at radius 3 is 2.95 bits per heavy atom. The second-order valence-electron chi connectivity index (χ2n) is 4.55. The maximum atomic E-state index is 13.0. The summed E-state index contributed by atoms with van der Waals surface area (Å²) in [4.78, 5) is 11.9. The number of rotatable bonds is 4. The minimum absolute atomic E-state index is 0.0178. The zero-order valence-electron chi connectivity index (χ0n) is 10.9. The summed E-state index contributed by atoms with van der Waals surface area (Å²) < 4.78 is 14.7. The van der Waals surface area contributed by atoms with Gasteiger partial charge >= 0.3 is 0 Å². The average Bonchev–Trinajstić information content (AvgIpc) is 2.86. The minimum Gasteiger partial charge on any atom is -0.326 e. The van der Waals surface area contributed by atoms with E-state index in [9.17, 15) is 9.18 Å². The molecule has 0 radical (unpaired) electrons. The minimum atomic E-state index is -0.305. The first-order valence-corrected chi connectivity index (χ1v) is 6.11. The first kappa shape index (κ1) is 13.3. The molecule has 1 heterocycles. The summed E-state index contributed by atoms with van der Waals surface area (Å²) in [6.45, 7) is 3.68. The molecule has 100 valence electrons. The number of hydrogen-bond acceptors (Lipinski definition) is 2. The lowest BCUT2D eigenvalue weighted by atomic mass is 10.1. The largest absolute Gasteiger partial charge is 0.326 e. The lowest BCUT2D eigenvalue weighted by molar-refractivity contribution is -0.116. The molecule has 1 aromatic carbocycles. The number of aromatic nitrogens is 2. The fraction of sp³-hybridized carbons (Fsp3) is 0.286. The van der Waals surface area contributed by atoms with Crippen LogP contribution in [0.25, 0.3) is 0 Å². The van der Waals surface area contributed by atoms with Crippen molar-refractivity contribution in [2.24, 2.45) is 0 Å². The van der Waals surface area contributed by atoms with Gasteiger partial charge < -0.3 is 5.32 Å². The van der Waals surface area contributed by atoms with Crippen LogP contribution in [0, 0.1) is 12.7 Å². The molecule has 0 aliphatic rings. The molecule has 1 N–H and O–H groups in total. The highest BCUT2D eigenvalue weighted by atomic mass is 19.1. The van der Waals surface area contributed by atoms with E-state index in [0.29, 0.717) is 17.7 Å². The van der Waals surface area contributed by atoms with Gasteiger partial charge in [0.15, 0.2) is 0 Å². The number of carbonyl (C=O) groups excluding carboxylic acids is 1. The van der Waals surface area contributed by atoms with Crippen LogP contribution >= 0.6 is 0 Å². The second kappa shape index (κ2) is 5.65. The highest BCUT2D eigenvalue weighted by molar-refractivity contribution is 5.91. The molecule has 1 aromatic heterocycles. The molecule has 19 heavy (non-hydrogen) atoms. The smallest absolute Gasteiger partial charge is 0.226 e. The van der Waals surface area contributed by atoms with Gasteiger partial charge in [0.05, 0.1) is 6.04 Å². The fourth-order valence-electron chi connectivity index (χ4n) is 1.87. The second-order valence-corrected chi connectivity index (χ2v) is 4.55. The summed E-state index contributed by atoms with van der Waals surface area (Å²) in [6, 6.07) is 6.10. The Morgan fingerprint density at radius 1 is 1.53 bits per heavy atom. The van der Waals surface area contributed by atoms with Crippen molar-refractivity contribution in [3.8, 4) is 0 Å². The molecule has 0 aliphatic heterocycles.